The van der Waals surface area contributed by atoms with Crippen LogP contribution in [-0.4, -0.2) is 40.4 Å². The maximum atomic E-state index is 9.44. The van der Waals surface area contributed by atoms with Gasteiger partial charge in [0.2, 0.25) is 0 Å². The van der Waals surface area contributed by atoms with E-state index in [1.807, 2.05) is 0 Å². The standard InChI is InChI=1S/C10H15N3O2/c14-7-10(2-5-15-6-3-10)13-9-1-4-11-8-12-9/h1,4,8,14H,2-3,5-7H2,(H,11,12,13). The molecule has 0 aliphatic carbocycles. The summed E-state index contributed by atoms with van der Waals surface area (Å²) in [6, 6.07) is 1.80. The van der Waals surface area contributed by atoms with Gasteiger partial charge in [-0.05, 0) is 18.9 Å². The van der Waals surface area contributed by atoms with E-state index in [0.717, 1.165) is 18.7 Å². The molecule has 2 heterocycles. The third kappa shape index (κ3) is 2.43. The van der Waals surface area contributed by atoms with Crippen LogP contribution < -0.4 is 5.32 Å². The molecule has 1 saturated heterocycles. The van der Waals surface area contributed by atoms with Crippen molar-refractivity contribution < 1.29 is 9.84 Å². The largest absolute Gasteiger partial charge is 0.394 e. The quantitative estimate of drug-likeness (QED) is 0.755. The molecule has 15 heavy (non-hydrogen) atoms. The van der Waals surface area contributed by atoms with E-state index < -0.39 is 0 Å². The van der Waals surface area contributed by atoms with E-state index in [1.165, 1.54) is 6.33 Å². The van der Waals surface area contributed by atoms with Crippen LogP contribution in [0.25, 0.3) is 0 Å². The molecule has 0 aromatic carbocycles. The third-order valence-corrected chi connectivity index (χ3v) is 2.73. The zero-order chi connectivity index (χ0) is 10.6. The summed E-state index contributed by atoms with van der Waals surface area (Å²) in [4.78, 5) is 7.94. The second-order valence-electron chi connectivity index (χ2n) is 3.77. The lowest BCUT2D eigenvalue weighted by molar-refractivity contribution is 0.0378. The molecule has 2 N–H and O–H groups in total. The van der Waals surface area contributed by atoms with Gasteiger partial charge in [0, 0.05) is 19.4 Å². The van der Waals surface area contributed by atoms with Gasteiger partial charge in [-0.2, -0.15) is 0 Å². The Morgan fingerprint density at radius 3 is 2.87 bits per heavy atom. The number of hydrogen-bond donors (Lipinski definition) is 2. The minimum Gasteiger partial charge on any atom is -0.394 e. The topological polar surface area (TPSA) is 67.3 Å². The normalized spacial score (nSPS) is 19.8. The SMILES string of the molecule is OCC1(Nc2ccncn2)CCOCC1. The molecule has 0 saturated carbocycles. The average molecular weight is 209 g/mol. The highest BCUT2D eigenvalue weighted by atomic mass is 16.5. The number of hydrogen-bond acceptors (Lipinski definition) is 5. The first-order valence-electron chi connectivity index (χ1n) is 5.07. The van der Waals surface area contributed by atoms with Crippen molar-refractivity contribution in [1.29, 1.82) is 0 Å². The van der Waals surface area contributed by atoms with E-state index in [2.05, 4.69) is 15.3 Å². The number of anilines is 1. The fourth-order valence-electron chi connectivity index (χ4n) is 1.72. The first-order valence-corrected chi connectivity index (χ1v) is 5.07. The van der Waals surface area contributed by atoms with Gasteiger partial charge in [-0.3, -0.25) is 0 Å². The summed E-state index contributed by atoms with van der Waals surface area (Å²) in [7, 11) is 0. The fraction of sp³-hybridized carbons (Fsp3) is 0.600. The first kappa shape index (κ1) is 10.3. The molecule has 1 aliphatic heterocycles. The predicted molar refractivity (Wildman–Crippen MR) is 55.5 cm³/mol. The Kier molecular flexibility index (Phi) is 3.13. The summed E-state index contributed by atoms with van der Waals surface area (Å²) >= 11 is 0. The van der Waals surface area contributed by atoms with Crippen LogP contribution in [0.3, 0.4) is 0 Å². The highest BCUT2D eigenvalue weighted by Gasteiger charge is 2.31. The van der Waals surface area contributed by atoms with Crippen LogP contribution in [0.5, 0.6) is 0 Å². The predicted octanol–water partition coefficient (Wildman–Crippen LogP) is 0.430. The molecule has 1 aromatic rings. The Hall–Kier alpha value is -1.20. The van der Waals surface area contributed by atoms with Crippen LogP contribution in [0.4, 0.5) is 5.82 Å². The zero-order valence-corrected chi connectivity index (χ0v) is 8.52. The maximum Gasteiger partial charge on any atom is 0.129 e. The van der Waals surface area contributed by atoms with E-state index in [-0.39, 0.29) is 12.1 Å². The molecule has 5 nitrogen and oxygen atoms in total. The van der Waals surface area contributed by atoms with Crippen LogP contribution in [0.1, 0.15) is 12.8 Å². The molecule has 82 valence electrons. The van der Waals surface area contributed by atoms with Crippen molar-refractivity contribution in [3.05, 3.63) is 18.6 Å². The van der Waals surface area contributed by atoms with Gasteiger partial charge in [0.25, 0.3) is 0 Å². The number of nitrogens with one attached hydrogen (secondary N) is 1. The number of aliphatic hydroxyl groups is 1. The Morgan fingerprint density at radius 1 is 1.47 bits per heavy atom. The number of ether oxygens (including phenoxy) is 1. The highest BCUT2D eigenvalue weighted by molar-refractivity contribution is 5.36. The second kappa shape index (κ2) is 4.55. The van der Waals surface area contributed by atoms with E-state index in [4.69, 9.17) is 4.74 Å². The van der Waals surface area contributed by atoms with Crippen molar-refractivity contribution >= 4 is 5.82 Å². The van der Waals surface area contributed by atoms with Crippen molar-refractivity contribution in [2.75, 3.05) is 25.1 Å². The first-order chi connectivity index (χ1) is 7.35. The van der Waals surface area contributed by atoms with E-state index in [0.29, 0.717) is 13.2 Å². The van der Waals surface area contributed by atoms with Gasteiger partial charge in [-0.25, -0.2) is 9.97 Å². The Labute approximate surface area is 88.5 Å². The van der Waals surface area contributed by atoms with Crippen molar-refractivity contribution in [2.45, 2.75) is 18.4 Å². The van der Waals surface area contributed by atoms with Gasteiger partial charge in [0.15, 0.2) is 0 Å². The van der Waals surface area contributed by atoms with Crippen molar-refractivity contribution in [3.63, 3.8) is 0 Å². The van der Waals surface area contributed by atoms with E-state index in [9.17, 15) is 5.11 Å². The average Bonchev–Trinajstić information content (AvgIpc) is 2.32. The zero-order valence-electron chi connectivity index (χ0n) is 8.52. The highest BCUT2D eigenvalue weighted by Crippen LogP contribution is 2.24. The lowest BCUT2D eigenvalue weighted by atomic mass is 9.91. The summed E-state index contributed by atoms with van der Waals surface area (Å²) in [6.07, 6.45) is 4.77. The molecule has 0 unspecified atom stereocenters. The van der Waals surface area contributed by atoms with Crippen LogP contribution >= 0.6 is 0 Å². The van der Waals surface area contributed by atoms with Crippen molar-refractivity contribution in [1.82, 2.24) is 9.97 Å². The molecule has 0 atom stereocenters. The Bertz CT molecular complexity index is 299. The molecule has 1 aliphatic rings. The number of nitrogens with zero attached hydrogens (tertiary/aromatic N) is 2. The van der Waals surface area contributed by atoms with Crippen LogP contribution in [0, 0.1) is 0 Å². The van der Waals surface area contributed by atoms with E-state index >= 15 is 0 Å². The second-order valence-corrected chi connectivity index (χ2v) is 3.77. The number of aromatic nitrogens is 2. The molecule has 0 bridgehead atoms. The van der Waals surface area contributed by atoms with E-state index in [1.54, 1.807) is 12.3 Å². The molecule has 0 spiro atoms. The molecule has 1 fully saturated rings. The Balaban J connectivity index is 2.07. The minimum absolute atomic E-state index is 0.0976. The summed E-state index contributed by atoms with van der Waals surface area (Å²) < 4.78 is 5.28. The fourth-order valence-corrected chi connectivity index (χ4v) is 1.72. The molecule has 1 aromatic heterocycles. The molecular weight excluding hydrogens is 194 g/mol. The van der Waals surface area contributed by atoms with Crippen LogP contribution in [0.2, 0.25) is 0 Å². The number of aliphatic hydroxyl groups excluding tert-OH is 1. The lowest BCUT2D eigenvalue weighted by Crippen LogP contribution is -2.47. The third-order valence-electron chi connectivity index (χ3n) is 2.73. The van der Waals surface area contributed by atoms with Crippen LogP contribution in [-0.2, 0) is 4.74 Å². The lowest BCUT2D eigenvalue weighted by Gasteiger charge is -2.36. The molecular formula is C10H15N3O2. The van der Waals surface area contributed by atoms with Gasteiger partial charge in [0.1, 0.15) is 12.1 Å². The number of rotatable bonds is 3. The maximum absolute atomic E-state index is 9.44. The molecule has 0 radical (unpaired) electrons. The molecule has 2 rings (SSSR count). The summed E-state index contributed by atoms with van der Waals surface area (Å²) in [5.74, 6) is 0.751. The smallest absolute Gasteiger partial charge is 0.129 e. The van der Waals surface area contributed by atoms with Gasteiger partial charge in [0.05, 0.1) is 12.1 Å². The molecule has 0 amide bonds. The summed E-state index contributed by atoms with van der Waals surface area (Å²) in [5.41, 5.74) is -0.285. The Morgan fingerprint density at radius 2 is 2.27 bits per heavy atom. The molecule has 5 heteroatoms. The minimum atomic E-state index is -0.285. The van der Waals surface area contributed by atoms with Crippen molar-refractivity contribution in [3.8, 4) is 0 Å². The monoisotopic (exact) mass is 209 g/mol. The van der Waals surface area contributed by atoms with Gasteiger partial charge in [-0.1, -0.05) is 0 Å². The van der Waals surface area contributed by atoms with Gasteiger partial charge in [-0.15, -0.1) is 0 Å². The van der Waals surface area contributed by atoms with Gasteiger partial charge >= 0.3 is 0 Å². The van der Waals surface area contributed by atoms with Crippen LogP contribution in [0.15, 0.2) is 18.6 Å². The summed E-state index contributed by atoms with van der Waals surface area (Å²) in [5, 5.41) is 12.7. The summed E-state index contributed by atoms with van der Waals surface area (Å²) in [6.45, 7) is 1.46. The van der Waals surface area contributed by atoms with Crippen molar-refractivity contribution in [2.24, 2.45) is 0 Å². The van der Waals surface area contributed by atoms with Gasteiger partial charge < -0.3 is 15.2 Å².